The molecule has 5 heteroatoms. The molecule has 1 aromatic rings. The number of aliphatic hydroxyl groups is 1. The van der Waals surface area contributed by atoms with Crippen molar-refractivity contribution in [2.75, 3.05) is 20.3 Å². The number of aliphatic hydroxyl groups excluding tert-OH is 1. The fourth-order valence-electron chi connectivity index (χ4n) is 1.60. The summed E-state index contributed by atoms with van der Waals surface area (Å²) in [5.74, 6) is -0.0189. The van der Waals surface area contributed by atoms with Crippen LogP contribution in [-0.2, 0) is 14.9 Å². The second kappa shape index (κ2) is 6.87. The zero-order chi connectivity index (χ0) is 13.6. The highest BCUT2D eigenvalue weighted by molar-refractivity contribution is 7.10. The minimum Gasteiger partial charge on any atom is -0.391 e. The maximum Gasteiger partial charge on any atom is 0.230 e. The lowest BCUT2D eigenvalue weighted by atomic mass is 9.90. The summed E-state index contributed by atoms with van der Waals surface area (Å²) >= 11 is 1.58. The Kier molecular flexibility index (Phi) is 5.78. The molecular weight excluding hydrogens is 250 g/mol. The number of carbonyl (C=O) groups is 1. The molecular formula is C13H21NO3S. The van der Waals surface area contributed by atoms with E-state index in [9.17, 15) is 9.90 Å². The first-order valence-corrected chi connectivity index (χ1v) is 6.85. The van der Waals surface area contributed by atoms with Gasteiger partial charge in [0.2, 0.25) is 5.91 Å². The molecule has 0 spiro atoms. The average Bonchev–Trinajstić information content (AvgIpc) is 2.83. The highest BCUT2D eigenvalue weighted by atomic mass is 32.1. The van der Waals surface area contributed by atoms with Crippen molar-refractivity contribution < 1.29 is 14.6 Å². The molecule has 0 saturated carbocycles. The molecule has 4 nitrogen and oxygen atoms in total. The van der Waals surface area contributed by atoms with Gasteiger partial charge in [0.05, 0.1) is 18.1 Å². The highest BCUT2D eigenvalue weighted by Gasteiger charge is 2.30. The Hall–Kier alpha value is -0.910. The molecule has 1 rings (SSSR count). The molecule has 2 N–H and O–H groups in total. The topological polar surface area (TPSA) is 58.6 Å². The zero-order valence-corrected chi connectivity index (χ0v) is 11.9. The lowest BCUT2D eigenvalue weighted by molar-refractivity contribution is -0.125. The molecule has 0 saturated heterocycles. The van der Waals surface area contributed by atoms with Gasteiger partial charge in [-0.2, -0.15) is 0 Å². The van der Waals surface area contributed by atoms with E-state index in [0.29, 0.717) is 19.6 Å². The molecule has 0 aliphatic heterocycles. The van der Waals surface area contributed by atoms with Crippen LogP contribution in [-0.4, -0.2) is 37.4 Å². The van der Waals surface area contributed by atoms with Crippen LogP contribution in [0.1, 0.15) is 25.1 Å². The Morgan fingerprint density at radius 2 is 2.33 bits per heavy atom. The van der Waals surface area contributed by atoms with Crippen LogP contribution < -0.4 is 5.32 Å². The van der Waals surface area contributed by atoms with E-state index in [1.165, 1.54) is 0 Å². The van der Waals surface area contributed by atoms with E-state index in [2.05, 4.69) is 5.32 Å². The minimum absolute atomic E-state index is 0.0189. The summed E-state index contributed by atoms with van der Waals surface area (Å²) in [6.45, 7) is 4.56. The quantitative estimate of drug-likeness (QED) is 0.791. The van der Waals surface area contributed by atoms with E-state index < -0.39 is 11.5 Å². The Labute approximate surface area is 112 Å². The van der Waals surface area contributed by atoms with Gasteiger partial charge < -0.3 is 15.2 Å². The van der Waals surface area contributed by atoms with E-state index in [0.717, 1.165) is 4.88 Å². The van der Waals surface area contributed by atoms with Gasteiger partial charge in [-0.1, -0.05) is 6.07 Å². The molecule has 0 aliphatic rings. The van der Waals surface area contributed by atoms with Gasteiger partial charge in [-0.3, -0.25) is 4.79 Å². The third kappa shape index (κ3) is 4.08. The normalized spacial score (nSPS) is 13.3. The van der Waals surface area contributed by atoms with Crippen molar-refractivity contribution in [2.24, 2.45) is 0 Å². The van der Waals surface area contributed by atoms with Crippen molar-refractivity contribution >= 4 is 17.2 Å². The molecule has 0 radical (unpaired) electrons. The van der Waals surface area contributed by atoms with E-state index in [1.54, 1.807) is 18.4 Å². The summed E-state index contributed by atoms with van der Waals surface area (Å²) in [7, 11) is 1.54. The van der Waals surface area contributed by atoms with Gasteiger partial charge in [0.15, 0.2) is 0 Å². The summed E-state index contributed by atoms with van der Waals surface area (Å²) in [6.07, 6.45) is -0.0275. The summed E-state index contributed by atoms with van der Waals surface area (Å²) in [4.78, 5) is 13.1. The predicted molar refractivity (Wildman–Crippen MR) is 72.9 cm³/mol. The van der Waals surface area contributed by atoms with Crippen LogP contribution in [0.5, 0.6) is 0 Å². The molecule has 0 bridgehead atoms. The smallest absolute Gasteiger partial charge is 0.230 e. The van der Waals surface area contributed by atoms with Crippen molar-refractivity contribution in [2.45, 2.75) is 31.8 Å². The number of methoxy groups -OCH3 is 1. The second-order valence-corrected chi connectivity index (χ2v) is 5.70. The fourth-order valence-corrected chi connectivity index (χ4v) is 2.44. The van der Waals surface area contributed by atoms with Crippen molar-refractivity contribution in [1.29, 1.82) is 0 Å². The average molecular weight is 271 g/mol. The highest BCUT2D eigenvalue weighted by Crippen LogP contribution is 2.27. The molecule has 1 aromatic heterocycles. The van der Waals surface area contributed by atoms with Crippen LogP contribution in [0, 0.1) is 0 Å². The summed E-state index contributed by atoms with van der Waals surface area (Å²) in [5.41, 5.74) is -0.527. The molecule has 0 aliphatic carbocycles. The maximum absolute atomic E-state index is 12.1. The van der Waals surface area contributed by atoms with Crippen molar-refractivity contribution in [3.8, 4) is 0 Å². The third-order valence-corrected chi connectivity index (χ3v) is 4.02. The standard InChI is InChI=1S/C13H21NO3S/c1-13(2,11-5-4-8-18-11)12(16)14-7-6-10(15)9-17-3/h4-5,8,10,15H,6-7,9H2,1-3H3,(H,14,16). The van der Waals surface area contributed by atoms with E-state index >= 15 is 0 Å². The Bertz CT molecular complexity index is 362. The van der Waals surface area contributed by atoms with E-state index in [1.807, 2.05) is 31.4 Å². The van der Waals surface area contributed by atoms with Gasteiger partial charge in [0, 0.05) is 18.5 Å². The molecule has 1 amide bonds. The summed E-state index contributed by atoms with van der Waals surface area (Å²) in [6, 6.07) is 3.90. The second-order valence-electron chi connectivity index (χ2n) is 4.76. The minimum atomic E-state index is -0.528. The van der Waals surface area contributed by atoms with Gasteiger partial charge in [-0.15, -0.1) is 11.3 Å². The third-order valence-electron chi connectivity index (χ3n) is 2.83. The molecule has 1 heterocycles. The van der Waals surface area contributed by atoms with Gasteiger partial charge in [0.1, 0.15) is 0 Å². The van der Waals surface area contributed by atoms with Crippen LogP contribution in [0.15, 0.2) is 17.5 Å². The first-order valence-electron chi connectivity index (χ1n) is 5.97. The molecule has 1 atom stereocenters. The molecule has 18 heavy (non-hydrogen) atoms. The number of hydrogen-bond donors (Lipinski definition) is 2. The van der Waals surface area contributed by atoms with Gasteiger partial charge in [-0.05, 0) is 31.7 Å². The largest absolute Gasteiger partial charge is 0.391 e. The van der Waals surface area contributed by atoms with E-state index in [4.69, 9.17) is 4.74 Å². The predicted octanol–water partition coefficient (Wildman–Crippen LogP) is 1.54. The van der Waals surface area contributed by atoms with Crippen LogP contribution >= 0.6 is 11.3 Å². The summed E-state index contributed by atoms with van der Waals surface area (Å²) < 4.78 is 4.83. The number of ether oxygens (including phenoxy) is 1. The van der Waals surface area contributed by atoms with Gasteiger partial charge >= 0.3 is 0 Å². The van der Waals surface area contributed by atoms with Gasteiger partial charge in [-0.25, -0.2) is 0 Å². The van der Waals surface area contributed by atoms with Crippen molar-refractivity contribution in [1.82, 2.24) is 5.32 Å². The zero-order valence-electron chi connectivity index (χ0n) is 11.1. The SMILES string of the molecule is COCC(O)CCNC(=O)C(C)(C)c1cccs1. The number of rotatable bonds is 7. The fraction of sp³-hybridized carbons (Fsp3) is 0.615. The summed E-state index contributed by atoms with van der Waals surface area (Å²) in [5, 5.41) is 14.3. The Balaban J connectivity index is 2.41. The number of nitrogens with one attached hydrogen (secondary N) is 1. The Morgan fingerprint density at radius 1 is 1.61 bits per heavy atom. The van der Waals surface area contributed by atoms with Crippen molar-refractivity contribution in [3.63, 3.8) is 0 Å². The Morgan fingerprint density at radius 3 is 2.89 bits per heavy atom. The van der Waals surface area contributed by atoms with Crippen LogP contribution in [0.3, 0.4) is 0 Å². The number of thiophene rings is 1. The monoisotopic (exact) mass is 271 g/mol. The maximum atomic E-state index is 12.1. The van der Waals surface area contributed by atoms with Crippen molar-refractivity contribution in [3.05, 3.63) is 22.4 Å². The number of amides is 1. The lowest BCUT2D eigenvalue weighted by Crippen LogP contribution is -2.40. The van der Waals surface area contributed by atoms with Gasteiger partial charge in [0.25, 0.3) is 0 Å². The van der Waals surface area contributed by atoms with Crippen LogP contribution in [0.25, 0.3) is 0 Å². The van der Waals surface area contributed by atoms with Crippen LogP contribution in [0.2, 0.25) is 0 Å². The first kappa shape index (κ1) is 15.1. The molecule has 0 fully saturated rings. The molecule has 0 aromatic carbocycles. The number of carbonyl (C=O) groups excluding carboxylic acids is 1. The van der Waals surface area contributed by atoms with Crippen LogP contribution in [0.4, 0.5) is 0 Å². The number of hydrogen-bond acceptors (Lipinski definition) is 4. The van der Waals surface area contributed by atoms with E-state index in [-0.39, 0.29) is 5.91 Å². The lowest BCUT2D eigenvalue weighted by Gasteiger charge is -2.22. The molecule has 102 valence electrons. The molecule has 1 unspecified atom stereocenters. The first-order chi connectivity index (χ1) is 8.48.